The number of hydrogen-bond acceptors (Lipinski definition) is 5. The molecule has 0 spiro atoms. The third kappa shape index (κ3) is 5.25. The molecule has 1 aliphatic heterocycles. The van der Waals surface area contributed by atoms with E-state index in [2.05, 4.69) is 0 Å². The van der Waals surface area contributed by atoms with Crippen LogP contribution in [0.5, 0.6) is 5.75 Å². The Bertz CT molecular complexity index is 1210. The van der Waals surface area contributed by atoms with Crippen LogP contribution in [-0.4, -0.2) is 50.5 Å². The van der Waals surface area contributed by atoms with Gasteiger partial charge in [0.1, 0.15) is 5.75 Å². The lowest BCUT2D eigenvalue weighted by molar-refractivity contribution is -0.139. The van der Waals surface area contributed by atoms with Crippen molar-refractivity contribution in [2.24, 2.45) is 0 Å². The van der Waals surface area contributed by atoms with Gasteiger partial charge in [-0.2, -0.15) is 17.5 Å². The van der Waals surface area contributed by atoms with Gasteiger partial charge in [-0.25, -0.2) is 13.2 Å². The molecule has 1 heterocycles. The van der Waals surface area contributed by atoms with Crippen molar-refractivity contribution in [1.29, 1.82) is 0 Å². The predicted molar refractivity (Wildman–Crippen MR) is 123 cm³/mol. The number of sulfonamides is 1. The van der Waals surface area contributed by atoms with Gasteiger partial charge in [0.05, 0.1) is 16.5 Å². The fourth-order valence-electron chi connectivity index (χ4n) is 4.83. The molecule has 1 aliphatic carbocycles. The molecule has 1 unspecified atom stereocenters. The second kappa shape index (κ2) is 9.69. The normalized spacial score (nSPS) is 18.5. The monoisotopic (exact) mass is 512 g/mol. The molecular formula is C24H27F3N2O5S. The van der Waals surface area contributed by atoms with Crippen LogP contribution in [0.15, 0.2) is 41.3 Å². The second-order valence-corrected chi connectivity index (χ2v) is 10.8. The highest BCUT2D eigenvalue weighted by Gasteiger charge is 2.37. The van der Waals surface area contributed by atoms with Crippen molar-refractivity contribution in [3.05, 3.63) is 53.1 Å². The Hall–Kier alpha value is -2.79. The molecule has 2 aliphatic rings. The van der Waals surface area contributed by atoms with Crippen LogP contribution in [0.25, 0.3) is 0 Å². The summed E-state index contributed by atoms with van der Waals surface area (Å²) in [5.41, 5.74) is 0.630. The van der Waals surface area contributed by atoms with Crippen LogP contribution < -0.4 is 9.64 Å². The van der Waals surface area contributed by atoms with Crippen LogP contribution in [0.4, 0.5) is 18.9 Å². The quantitative estimate of drug-likeness (QED) is 0.589. The van der Waals surface area contributed by atoms with Gasteiger partial charge in [0.2, 0.25) is 10.0 Å². The minimum atomic E-state index is -4.69. The van der Waals surface area contributed by atoms with Crippen molar-refractivity contribution < 1.29 is 36.2 Å². The summed E-state index contributed by atoms with van der Waals surface area (Å²) in [5.74, 6) is -0.760. The molecule has 1 atom stereocenters. The maximum Gasteiger partial charge on any atom is 0.416 e. The number of rotatable bonds is 7. The summed E-state index contributed by atoms with van der Waals surface area (Å²) in [7, 11) is -2.91. The van der Waals surface area contributed by atoms with E-state index in [0.717, 1.165) is 23.2 Å². The smallest absolute Gasteiger partial charge is 0.416 e. The summed E-state index contributed by atoms with van der Waals surface area (Å²) in [4.78, 5) is 12.3. The number of benzene rings is 2. The molecule has 0 bridgehead atoms. The number of aliphatic carboxylic acids is 1. The van der Waals surface area contributed by atoms with E-state index in [-0.39, 0.29) is 5.69 Å². The highest BCUT2D eigenvalue weighted by Crippen LogP contribution is 2.41. The molecule has 35 heavy (non-hydrogen) atoms. The van der Waals surface area contributed by atoms with Crippen molar-refractivity contribution in [2.45, 2.75) is 49.2 Å². The van der Waals surface area contributed by atoms with Crippen molar-refractivity contribution in [1.82, 2.24) is 4.31 Å². The fraction of sp³-hybridized carbons (Fsp3) is 0.458. The number of carbonyl (C=O) groups is 1. The highest BCUT2D eigenvalue weighted by molar-refractivity contribution is 7.89. The standard InChI is InChI=1S/C24H27F3N2O5S/c1-28(21-8-4-7-20-19(21)6-5-9-22(20)34-15-23(30)31)35(32,33)18-13-16(24(25,26)27)12-17(14-18)29-10-2-3-11-29/h5-6,9,12-14,21H,2-4,7-8,10-11,15H2,1H3,(H,30,31). The first kappa shape index (κ1) is 25.3. The van der Waals surface area contributed by atoms with Gasteiger partial charge in [-0.1, -0.05) is 12.1 Å². The molecule has 0 radical (unpaired) electrons. The van der Waals surface area contributed by atoms with Gasteiger partial charge in [-0.15, -0.1) is 0 Å². The number of nitrogens with zero attached hydrogens (tertiary/aromatic N) is 2. The molecule has 7 nitrogen and oxygen atoms in total. The summed E-state index contributed by atoms with van der Waals surface area (Å²) in [5, 5.41) is 8.94. The lowest BCUT2D eigenvalue weighted by Gasteiger charge is -2.33. The van der Waals surface area contributed by atoms with E-state index in [1.54, 1.807) is 23.1 Å². The van der Waals surface area contributed by atoms with Crippen LogP contribution in [0, 0.1) is 0 Å². The van der Waals surface area contributed by atoms with E-state index in [4.69, 9.17) is 9.84 Å². The molecule has 1 N–H and O–H groups in total. The Morgan fingerprint density at radius 2 is 1.89 bits per heavy atom. The maximum atomic E-state index is 13.7. The van der Waals surface area contributed by atoms with Gasteiger partial charge < -0.3 is 14.7 Å². The van der Waals surface area contributed by atoms with E-state index in [0.29, 0.717) is 55.3 Å². The van der Waals surface area contributed by atoms with Crippen molar-refractivity contribution in [3.63, 3.8) is 0 Å². The summed E-state index contributed by atoms with van der Waals surface area (Å²) in [6.45, 7) is 0.621. The van der Waals surface area contributed by atoms with Gasteiger partial charge >= 0.3 is 12.1 Å². The van der Waals surface area contributed by atoms with E-state index < -0.39 is 45.3 Å². The Morgan fingerprint density at radius 1 is 1.17 bits per heavy atom. The molecule has 190 valence electrons. The second-order valence-electron chi connectivity index (χ2n) is 8.84. The van der Waals surface area contributed by atoms with Crippen LogP contribution >= 0.6 is 0 Å². The van der Waals surface area contributed by atoms with E-state index in [1.807, 2.05) is 0 Å². The van der Waals surface area contributed by atoms with Crippen molar-refractivity contribution in [2.75, 3.05) is 31.6 Å². The third-order valence-electron chi connectivity index (χ3n) is 6.59. The Labute approximate surface area is 202 Å². The van der Waals surface area contributed by atoms with E-state index in [1.165, 1.54) is 13.1 Å². The Balaban J connectivity index is 1.72. The lowest BCUT2D eigenvalue weighted by atomic mass is 9.87. The third-order valence-corrected chi connectivity index (χ3v) is 8.43. The number of halogens is 3. The number of anilines is 1. The van der Waals surface area contributed by atoms with Crippen molar-refractivity contribution in [3.8, 4) is 5.75 Å². The number of hydrogen-bond donors (Lipinski definition) is 1. The van der Waals surface area contributed by atoms with Crippen molar-refractivity contribution >= 4 is 21.7 Å². The van der Waals surface area contributed by atoms with Gasteiger partial charge in [0, 0.05) is 25.8 Å². The minimum Gasteiger partial charge on any atom is -0.482 e. The number of carboxylic acid groups (broad SMARTS) is 1. The summed E-state index contributed by atoms with van der Waals surface area (Å²) >= 11 is 0. The number of alkyl halides is 3. The van der Waals surface area contributed by atoms with Gasteiger partial charge in [0.25, 0.3) is 0 Å². The van der Waals surface area contributed by atoms with Crippen LogP contribution in [0.1, 0.15) is 48.4 Å². The molecule has 0 amide bonds. The first-order valence-electron chi connectivity index (χ1n) is 11.4. The summed E-state index contributed by atoms with van der Waals surface area (Å²) in [6, 6.07) is 7.44. The van der Waals surface area contributed by atoms with Gasteiger partial charge in [-0.3, -0.25) is 0 Å². The number of ether oxygens (including phenoxy) is 1. The van der Waals surface area contributed by atoms with E-state index in [9.17, 15) is 26.4 Å². The average molecular weight is 513 g/mol. The Morgan fingerprint density at radius 3 is 2.54 bits per heavy atom. The molecular weight excluding hydrogens is 485 g/mol. The Kier molecular flexibility index (Phi) is 7.01. The van der Waals surface area contributed by atoms with E-state index >= 15 is 0 Å². The molecule has 11 heteroatoms. The zero-order valence-corrected chi connectivity index (χ0v) is 20.0. The molecule has 4 rings (SSSR count). The minimum absolute atomic E-state index is 0.248. The topological polar surface area (TPSA) is 87.1 Å². The van der Waals surface area contributed by atoms with Gasteiger partial charge in [-0.05, 0) is 67.5 Å². The first-order chi connectivity index (χ1) is 16.5. The number of fused-ring (bicyclic) bond motifs is 1. The molecule has 2 aromatic rings. The van der Waals surface area contributed by atoms with Crippen LogP contribution in [0.3, 0.4) is 0 Å². The summed E-state index contributed by atoms with van der Waals surface area (Å²) in [6.07, 6.45) is -1.34. The molecule has 1 saturated heterocycles. The predicted octanol–water partition coefficient (Wildman–Crippen LogP) is 4.47. The zero-order chi connectivity index (χ0) is 25.4. The first-order valence-corrected chi connectivity index (χ1v) is 12.8. The van der Waals surface area contributed by atoms with Gasteiger partial charge in [0.15, 0.2) is 6.61 Å². The number of carboxylic acids is 1. The molecule has 0 aromatic heterocycles. The molecule has 0 saturated carbocycles. The SMILES string of the molecule is CN(C1CCCc2c(OCC(=O)O)cccc21)S(=O)(=O)c1cc(N2CCCC2)cc(C(F)(F)F)c1. The lowest BCUT2D eigenvalue weighted by Crippen LogP contribution is -2.34. The fourth-order valence-corrected chi connectivity index (χ4v) is 6.26. The van der Waals surface area contributed by atoms with Crippen LogP contribution in [0.2, 0.25) is 0 Å². The summed E-state index contributed by atoms with van der Waals surface area (Å²) < 4.78 is 74.8. The molecule has 2 aromatic carbocycles. The maximum absolute atomic E-state index is 13.7. The average Bonchev–Trinajstić information content (AvgIpc) is 3.36. The molecule has 1 fully saturated rings. The zero-order valence-electron chi connectivity index (χ0n) is 19.2. The largest absolute Gasteiger partial charge is 0.482 e. The van der Waals surface area contributed by atoms with Crippen LogP contribution in [-0.2, 0) is 27.4 Å². The highest BCUT2D eigenvalue weighted by atomic mass is 32.2.